The van der Waals surface area contributed by atoms with E-state index in [9.17, 15) is 4.57 Å². The number of nitrogens with one attached hydrogen (secondary N) is 1. The Kier molecular flexibility index (Phi) is 2.78. The van der Waals surface area contributed by atoms with E-state index in [1.165, 1.54) is 4.68 Å². The van der Waals surface area contributed by atoms with Gasteiger partial charge in [-0.1, -0.05) is 12.1 Å². The fourth-order valence-corrected chi connectivity index (χ4v) is 1.84. The molecule has 0 radical (unpaired) electrons. The number of aromatic nitrogens is 2. The molecule has 0 atom stereocenters. The number of rotatable bonds is 3. The third kappa shape index (κ3) is 2.49. The van der Waals surface area contributed by atoms with Gasteiger partial charge in [-0.25, -0.2) is 9.25 Å². The van der Waals surface area contributed by atoms with Crippen molar-refractivity contribution in [3.63, 3.8) is 0 Å². The molecule has 0 bridgehead atoms. The first kappa shape index (κ1) is 10.9. The fourth-order valence-electron chi connectivity index (χ4n) is 1.34. The molecule has 16 heavy (non-hydrogen) atoms. The molecule has 0 saturated carbocycles. The van der Waals surface area contributed by atoms with Crippen molar-refractivity contribution in [2.24, 2.45) is 0 Å². The molecule has 2 aromatic rings. The SMILES string of the molecule is O=P(O)(O)Nc1ccccc1-n1cccn1. The van der Waals surface area contributed by atoms with Crippen LogP contribution in [0.25, 0.3) is 5.69 Å². The Morgan fingerprint density at radius 3 is 2.62 bits per heavy atom. The van der Waals surface area contributed by atoms with Gasteiger partial charge in [-0.3, -0.25) is 5.09 Å². The second kappa shape index (κ2) is 4.09. The summed E-state index contributed by atoms with van der Waals surface area (Å²) in [7, 11) is -4.31. The smallest absolute Gasteiger partial charge is 0.308 e. The maximum atomic E-state index is 10.9. The summed E-state index contributed by atoms with van der Waals surface area (Å²) >= 11 is 0. The van der Waals surface area contributed by atoms with Crippen LogP contribution in [0.1, 0.15) is 0 Å². The summed E-state index contributed by atoms with van der Waals surface area (Å²) in [5.74, 6) is 0. The number of hydrogen-bond acceptors (Lipinski definition) is 2. The molecule has 1 heterocycles. The van der Waals surface area contributed by atoms with Gasteiger partial charge < -0.3 is 9.79 Å². The van der Waals surface area contributed by atoms with Crippen molar-refractivity contribution in [2.75, 3.05) is 5.09 Å². The van der Waals surface area contributed by atoms with E-state index in [1.807, 2.05) is 0 Å². The van der Waals surface area contributed by atoms with Gasteiger partial charge in [0.2, 0.25) is 0 Å². The number of benzene rings is 1. The zero-order valence-corrected chi connectivity index (χ0v) is 9.08. The Balaban J connectivity index is 2.43. The molecule has 0 amide bonds. The maximum absolute atomic E-state index is 10.9. The zero-order valence-electron chi connectivity index (χ0n) is 8.19. The van der Waals surface area contributed by atoms with Crippen LogP contribution in [0.4, 0.5) is 5.69 Å². The minimum atomic E-state index is -4.31. The highest BCUT2D eigenvalue weighted by Gasteiger charge is 2.15. The molecule has 0 aliphatic heterocycles. The van der Waals surface area contributed by atoms with Crippen molar-refractivity contribution >= 4 is 13.4 Å². The van der Waals surface area contributed by atoms with E-state index in [0.717, 1.165) is 0 Å². The lowest BCUT2D eigenvalue weighted by molar-refractivity contribution is 0.380. The lowest BCUT2D eigenvalue weighted by Gasteiger charge is -2.12. The van der Waals surface area contributed by atoms with Crippen molar-refractivity contribution in [1.29, 1.82) is 0 Å². The van der Waals surface area contributed by atoms with Crippen LogP contribution in [0.5, 0.6) is 0 Å². The summed E-state index contributed by atoms with van der Waals surface area (Å²) in [6.07, 6.45) is 3.29. The molecule has 7 heteroatoms. The van der Waals surface area contributed by atoms with Crippen LogP contribution in [0.3, 0.4) is 0 Å². The highest BCUT2D eigenvalue weighted by Crippen LogP contribution is 2.37. The first-order valence-corrected chi connectivity index (χ1v) is 6.10. The number of para-hydroxylation sites is 2. The van der Waals surface area contributed by atoms with E-state index in [4.69, 9.17) is 9.79 Å². The Labute approximate surface area is 91.8 Å². The highest BCUT2D eigenvalue weighted by atomic mass is 31.2. The number of hydrogen-bond donors (Lipinski definition) is 3. The molecule has 0 spiro atoms. The van der Waals surface area contributed by atoms with E-state index in [2.05, 4.69) is 10.2 Å². The van der Waals surface area contributed by atoms with Gasteiger partial charge in [0.15, 0.2) is 0 Å². The van der Waals surface area contributed by atoms with Gasteiger partial charge in [-0.15, -0.1) is 0 Å². The normalized spacial score (nSPS) is 11.4. The second-order valence-corrected chi connectivity index (χ2v) is 4.44. The van der Waals surface area contributed by atoms with E-state index >= 15 is 0 Å². The van der Waals surface area contributed by atoms with E-state index in [-0.39, 0.29) is 0 Å². The summed E-state index contributed by atoms with van der Waals surface area (Å²) in [5.41, 5.74) is 0.912. The molecule has 0 fully saturated rings. The Hall–Kier alpha value is -1.62. The monoisotopic (exact) mass is 239 g/mol. The molecule has 84 valence electrons. The lowest BCUT2D eigenvalue weighted by Crippen LogP contribution is -2.02. The first-order valence-electron chi connectivity index (χ1n) is 4.49. The summed E-state index contributed by atoms with van der Waals surface area (Å²) in [5, 5.41) is 6.14. The predicted octanol–water partition coefficient (Wildman–Crippen LogP) is 1.38. The fraction of sp³-hybridized carbons (Fsp3) is 0. The van der Waals surface area contributed by atoms with Crippen molar-refractivity contribution in [3.8, 4) is 5.69 Å². The predicted molar refractivity (Wildman–Crippen MR) is 59.2 cm³/mol. The quantitative estimate of drug-likeness (QED) is 0.704. The Morgan fingerprint density at radius 2 is 2.00 bits per heavy atom. The number of anilines is 1. The molecule has 1 aromatic carbocycles. The van der Waals surface area contributed by atoms with Gasteiger partial charge in [0.1, 0.15) is 0 Å². The van der Waals surface area contributed by atoms with Gasteiger partial charge >= 0.3 is 7.75 Å². The molecule has 1 aromatic heterocycles. The van der Waals surface area contributed by atoms with Gasteiger partial charge in [0.25, 0.3) is 0 Å². The van der Waals surface area contributed by atoms with E-state index in [1.54, 1.807) is 42.7 Å². The molecule has 6 nitrogen and oxygen atoms in total. The average molecular weight is 239 g/mol. The molecule has 0 saturated heterocycles. The Bertz CT molecular complexity index is 521. The highest BCUT2D eigenvalue weighted by molar-refractivity contribution is 7.53. The molecule has 0 aliphatic rings. The van der Waals surface area contributed by atoms with Crippen LogP contribution in [-0.4, -0.2) is 19.6 Å². The van der Waals surface area contributed by atoms with Crippen LogP contribution in [0.2, 0.25) is 0 Å². The van der Waals surface area contributed by atoms with Gasteiger partial charge in [-0.05, 0) is 18.2 Å². The van der Waals surface area contributed by atoms with Crippen LogP contribution in [0.15, 0.2) is 42.7 Å². The third-order valence-electron chi connectivity index (χ3n) is 1.92. The van der Waals surface area contributed by atoms with Gasteiger partial charge in [0.05, 0.1) is 11.4 Å². The van der Waals surface area contributed by atoms with E-state index in [0.29, 0.717) is 11.4 Å². The van der Waals surface area contributed by atoms with Crippen molar-refractivity contribution in [2.45, 2.75) is 0 Å². The van der Waals surface area contributed by atoms with Crippen LogP contribution in [-0.2, 0) is 4.57 Å². The standard InChI is InChI=1S/C9H10N3O3P/c13-16(14,15)11-8-4-1-2-5-9(8)12-7-3-6-10-12/h1-7H,(H3,11,13,14,15). The summed E-state index contributed by atoms with van der Waals surface area (Å²) < 4.78 is 12.4. The van der Waals surface area contributed by atoms with Crippen LogP contribution < -0.4 is 5.09 Å². The van der Waals surface area contributed by atoms with Gasteiger partial charge in [0, 0.05) is 12.4 Å². The lowest BCUT2D eigenvalue weighted by atomic mass is 10.3. The largest absolute Gasteiger partial charge is 0.427 e. The average Bonchev–Trinajstić information content (AvgIpc) is 2.69. The maximum Gasteiger partial charge on any atom is 0.427 e. The van der Waals surface area contributed by atoms with Crippen molar-refractivity contribution < 1.29 is 14.4 Å². The Morgan fingerprint density at radius 1 is 1.25 bits per heavy atom. The third-order valence-corrected chi connectivity index (χ3v) is 2.45. The molecular formula is C9H10N3O3P. The number of nitrogens with zero attached hydrogens (tertiary/aromatic N) is 2. The van der Waals surface area contributed by atoms with Crippen LogP contribution >= 0.6 is 7.75 Å². The topological polar surface area (TPSA) is 87.4 Å². The van der Waals surface area contributed by atoms with Crippen LogP contribution in [0, 0.1) is 0 Å². The molecule has 3 N–H and O–H groups in total. The molecular weight excluding hydrogens is 229 g/mol. The summed E-state index contributed by atoms with van der Waals surface area (Å²) in [6.45, 7) is 0. The molecule has 0 aliphatic carbocycles. The summed E-state index contributed by atoms with van der Waals surface area (Å²) in [4.78, 5) is 17.7. The van der Waals surface area contributed by atoms with Crippen molar-refractivity contribution in [3.05, 3.63) is 42.7 Å². The molecule has 0 unspecified atom stereocenters. The minimum Gasteiger partial charge on any atom is -0.308 e. The molecule has 2 rings (SSSR count). The zero-order chi connectivity index (χ0) is 11.6. The van der Waals surface area contributed by atoms with Crippen molar-refractivity contribution in [1.82, 2.24) is 9.78 Å². The van der Waals surface area contributed by atoms with Gasteiger partial charge in [-0.2, -0.15) is 5.10 Å². The first-order chi connectivity index (χ1) is 7.56. The minimum absolute atomic E-state index is 0.333. The second-order valence-electron chi connectivity index (χ2n) is 3.12. The van der Waals surface area contributed by atoms with E-state index < -0.39 is 7.75 Å². The summed E-state index contributed by atoms with van der Waals surface area (Å²) in [6, 6.07) is 8.47.